The van der Waals surface area contributed by atoms with Gasteiger partial charge in [-0.3, -0.25) is 0 Å². The third-order valence-corrected chi connectivity index (χ3v) is 3.31. The molecule has 0 aliphatic carbocycles. The van der Waals surface area contributed by atoms with E-state index in [-0.39, 0.29) is 6.54 Å². The molecule has 0 spiro atoms. The van der Waals surface area contributed by atoms with Gasteiger partial charge >= 0.3 is 6.09 Å². The van der Waals surface area contributed by atoms with Crippen LogP contribution in [0, 0.1) is 0 Å². The van der Waals surface area contributed by atoms with Crippen molar-refractivity contribution >= 4 is 17.7 Å². The molecule has 6 heteroatoms. The monoisotopic (exact) mass is 328 g/mol. The molecule has 3 aromatic rings. The zero-order valence-electron chi connectivity index (χ0n) is 12.0. The zero-order valence-corrected chi connectivity index (χ0v) is 12.8. The number of aromatic nitrogens is 1. The van der Waals surface area contributed by atoms with Gasteiger partial charge in [0.1, 0.15) is 11.4 Å². The highest BCUT2D eigenvalue weighted by molar-refractivity contribution is 6.30. The molecule has 1 N–H and O–H groups in total. The van der Waals surface area contributed by atoms with E-state index in [0.29, 0.717) is 22.2 Å². The molecule has 1 amide bonds. The summed E-state index contributed by atoms with van der Waals surface area (Å²) in [5.74, 6) is 1.00. The molecule has 23 heavy (non-hydrogen) atoms. The SMILES string of the molecule is O=C(NCc1cc(-c2ccc(Cl)cc2)no1)Oc1ccccc1. The van der Waals surface area contributed by atoms with Gasteiger partial charge in [0, 0.05) is 16.7 Å². The van der Waals surface area contributed by atoms with E-state index in [0.717, 1.165) is 5.56 Å². The predicted molar refractivity (Wildman–Crippen MR) is 86.3 cm³/mol. The molecule has 1 aromatic heterocycles. The average Bonchev–Trinajstić information content (AvgIpc) is 3.04. The molecule has 0 atom stereocenters. The molecule has 0 aliphatic heterocycles. The summed E-state index contributed by atoms with van der Waals surface area (Å²) in [7, 11) is 0. The predicted octanol–water partition coefficient (Wildman–Crippen LogP) is 4.28. The summed E-state index contributed by atoms with van der Waals surface area (Å²) < 4.78 is 10.3. The number of hydrogen-bond donors (Lipinski definition) is 1. The van der Waals surface area contributed by atoms with Crippen LogP contribution in [0.2, 0.25) is 5.02 Å². The molecule has 0 unspecified atom stereocenters. The van der Waals surface area contributed by atoms with E-state index in [1.165, 1.54) is 0 Å². The Kier molecular flexibility index (Phi) is 4.59. The van der Waals surface area contributed by atoms with Gasteiger partial charge in [-0.2, -0.15) is 0 Å². The summed E-state index contributed by atoms with van der Waals surface area (Å²) in [6, 6.07) is 17.8. The van der Waals surface area contributed by atoms with Crippen molar-refractivity contribution in [1.82, 2.24) is 10.5 Å². The lowest BCUT2D eigenvalue weighted by atomic mass is 10.1. The smallest absolute Gasteiger partial charge is 0.410 e. The van der Waals surface area contributed by atoms with Crippen LogP contribution in [0.5, 0.6) is 5.75 Å². The van der Waals surface area contributed by atoms with E-state index in [4.69, 9.17) is 20.9 Å². The maximum Gasteiger partial charge on any atom is 0.412 e. The molecular formula is C17H13ClN2O3. The first-order valence-corrected chi connectivity index (χ1v) is 7.31. The third-order valence-electron chi connectivity index (χ3n) is 3.06. The van der Waals surface area contributed by atoms with Gasteiger partial charge in [-0.15, -0.1) is 0 Å². The van der Waals surface area contributed by atoms with Crippen molar-refractivity contribution in [1.29, 1.82) is 0 Å². The van der Waals surface area contributed by atoms with Crippen molar-refractivity contribution in [2.75, 3.05) is 0 Å². The molecule has 0 saturated carbocycles. The molecule has 1 heterocycles. The van der Waals surface area contributed by atoms with Crippen LogP contribution in [0.3, 0.4) is 0 Å². The molecule has 2 aromatic carbocycles. The standard InChI is InChI=1S/C17H13ClN2O3/c18-13-8-6-12(7-9-13)16-10-15(23-20-16)11-19-17(21)22-14-4-2-1-3-5-14/h1-10H,11H2,(H,19,21). The topological polar surface area (TPSA) is 64.4 Å². The number of ether oxygens (including phenoxy) is 1. The number of nitrogens with zero attached hydrogens (tertiary/aromatic N) is 1. The Labute approximate surface area is 137 Å². The van der Waals surface area contributed by atoms with Crippen LogP contribution in [0.25, 0.3) is 11.3 Å². The molecule has 0 aliphatic rings. The maximum absolute atomic E-state index is 11.7. The van der Waals surface area contributed by atoms with Gasteiger partial charge in [-0.1, -0.05) is 47.1 Å². The van der Waals surface area contributed by atoms with Gasteiger partial charge in [0.15, 0.2) is 5.76 Å². The van der Waals surface area contributed by atoms with Crippen LogP contribution < -0.4 is 10.1 Å². The molecule has 5 nitrogen and oxygen atoms in total. The Morgan fingerprint density at radius 1 is 1.13 bits per heavy atom. The fourth-order valence-electron chi connectivity index (χ4n) is 1.94. The van der Waals surface area contributed by atoms with Crippen LogP contribution in [0.4, 0.5) is 4.79 Å². The lowest BCUT2D eigenvalue weighted by Gasteiger charge is -2.04. The summed E-state index contributed by atoms with van der Waals surface area (Å²) in [4.78, 5) is 11.7. The van der Waals surface area contributed by atoms with Crippen LogP contribution in [0.1, 0.15) is 5.76 Å². The van der Waals surface area contributed by atoms with Crippen molar-refractivity contribution < 1.29 is 14.1 Å². The Morgan fingerprint density at radius 2 is 1.87 bits per heavy atom. The van der Waals surface area contributed by atoms with Crippen molar-refractivity contribution in [2.45, 2.75) is 6.54 Å². The normalized spacial score (nSPS) is 10.3. The Morgan fingerprint density at radius 3 is 2.61 bits per heavy atom. The van der Waals surface area contributed by atoms with Crippen LogP contribution in [0.15, 0.2) is 65.2 Å². The van der Waals surface area contributed by atoms with Crippen molar-refractivity contribution in [2.24, 2.45) is 0 Å². The van der Waals surface area contributed by atoms with Gasteiger partial charge in [0.25, 0.3) is 0 Å². The van der Waals surface area contributed by atoms with E-state index >= 15 is 0 Å². The Balaban J connectivity index is 1.57. The van der Waals surface area contributed by atoms with Crippen LogP contribution in [-0.2, 0) is 6.54 Å². The minimum Gasteiger partial charge on any atom is -0.410 e. The number of rotatable bonds is 4. The van der Waals surface area contributed by atoms with Gasteiger partial charge in [0.2, 0.25) is 0 Å². The van der Waals surface area contributed by atoms with Crippen molar-refractivity contribution in [3.63, 3.8) is 0 Å². The molecule has 3 rings (SSSR count). The Hall–Kier alpha value is -2.79. The molecule has 0 bridgehead atoms. The van der Waals surface area contributed by atoms with E-state index in [9.17, 15) is 4.79 Å². The van der Waals surface area contributed by atoms with Gasteiger partial charge < -0.3 is 14.6 Å². The third kappa shape index (κ3) is 4.11. The zero-order chi connectivity index (χ0) is 16.1. The van der Waals surface area contributed by atoms with Crippen molar-refractivity contribution in [3.05, 3.63) is 71.4 Å². The number of para-hydroxylation sites is 1. The Bertz CT molecular complexity index is 785. The van der Waals surface area contributed by atoms with Gasteiger partial charge in [0.05, 0.1) is 6.54 Å². The number of carbonyl (C=O) groups excluding carboxylic acids is 1. The number of nitrogens with one attached hydrogen (secondary N) is 1. The fourth-order valence-corrected chi connectivity index (χ4v) is 2.07. The quantitative estimate of drug-likeness (QED) is 0.776. The highest BCUT2D eigenvalue weighted by Gasteiger charge is 2.09. The summed E-state index contributed by atoms with van der Waals surface area (Å²) >= 11 is 5.85. The highest BCUT2D eigenvalue weighted by Crippen LogP contribution is 2.21. The van der Waals surface area contributed by atoms with E-state index in [1.807, 2.05) is 18.2 Å². The number of carbonyl (C=O) groups is 1. The van der Waals surface area contributed by atoms with Crippen molar-refractivity contribution in [3.8, 4) is 17.0 Å². The molecule has 0 radical (unpaired) electrons. The summed E-state index contributed by atoms with van der Waals surface area (Å²) in [5, 5.41) is 7.23. The number of amides is 1. The first kappa shape index (κ1) is 15.1. The van der Waals surface area contributed by atoms with E-state index in [1.54, 1.807) is 42.5 Å². The van der Waals surface area contributed by atoms with Gasteiger partial charge in [-0.05, 0) is 24.3 Å². The number of hydrogen-bond acceptors (Lipinski definition) is 4. The summed E-state index contributed by atoms with van der Waals surface area (Å²) in [6.07, 6.45) is -0.555. The molecule has 0 fully saturated rings. The fraction of sp³-hybridized carbons (Fsp3) is 0.0588. The van der Waals surface area contributed by atoms with Crippen LogP contribution in [-0.4, -0.2) is 11.2 Å². The first-order chi connectivity index (χ1) is 11.2. The van der Waals surface area contributed by atoms with E-state index < -0.39 is 6.09 Å². The maximum atomic E-state index is 11.7. The molecule has 116 valence electrons. The second-order valence-corrected chi connectivity index (χ2v) is 5.18. The number of benzene rings is 2. The minimum atomic E-state index is -0.555. The number of halogens is 1. The van der Waals surface area contributed by atoms with Crippen LogP contribution >= 0.6 is 11.6 Å². The largest absolute Gasteiger partial charge is 0.412 e. The average molecular weight is 329 g/mol. The molecule has 0 saturated heterocycles. The lowest BCUT2D eigenvalue weighted by Crippen LogP contribution is -2.26. The van der Waals surface area contributed by atoms with E-state index in [2.05, 4.69) is 10.5 Å². The van der Waals surface area contributed by atoms with Gasteiger partial charge in [-0.25, -0.2) is 4.79 Å². The highest BCUT2D eigenvalue weighted by atomic mass is 35.5. The second-order valence-electron chi connectivity index (χ2n) is 4.74. The summed E-state index contributed by atoms with van der Waals surface area (Å²) in [6.45, 7) is 0.187. The lowest BCUT2D eigenvalue weighted by molar-refractivity contribution is 0.198. The first-order valence-electron chi connectivity index (χ1n) is 6.93. The minimum absolute atomic E-state index is 0.187. The molecular weight excluding hydrogens is 316 g/mol. The second kappa shape index (κ2) is 6.98. The summed E-state index contributed by atoms with van der Waals surface area (Å²) in [5.41, 5.74) is 1.56.